The van der Waals surface area contributed by atoms with E-state index in [1.54, 1.807) is 17.0 Å². The highest BCUT2D eigenvalue weighted by atomic mass is 32.2. The Balaban J connectivity index is 1.48. The van der Waals surface area contributed by atoms with Gasteiger partial charge in [-0.3, -0.25) is 19.7 Å². The van der Waals surface area contributed by atoms with Gasteiger partial charge in [0.1, 0.15) is 0 Å². The van der Waals surface area contributed by atoms with E-state index in [-0.39, 0.29) is 24.0 Å². The number of nitro groups is 1. The number of hydrogen-bond acceptors (Lipinski definition) is 6. The molecule has 0 fully saturated rings. The Bertz CT molecular complexity index is 853. The average Bonchev–Trinajstić information content (AvgIpc) is 2.70. The van der Waals surface area contributed by atoms with Gasteiger partial charge in [-0.25, -0.2) is 0 Å². The van der Waals surface area contributed by atoms with Crippen molar-refractivity contribution in [2.24, 2.45) is 0 Å². The molecule has 3 rings (SSSR count). The third-order valence-corrected chi connectivity index (χ3v) is 5.16. The summed E-state index contributed by atoms with van der Waals surface area (Å²) in [6.07, 6.45) is 1.82. The van der Waals surface area contributed by atoms with E-state index < -0.39 is 10.9 Å². The number of non-ortho nitro benzene ring substituents is 1. The highest BCUT2D eigenvalue weighted by Gasteiger charge is 2.23. The fraction of sp³-hybridized carbons (Fsp3) is 0.263. The molecular formula is C19H18N2O5S. The number of esters is 1. The van der Waals surface area contributed by atoms with E-state index in [0.717, 1.165) is 24.1 Å². The third kappa shape index (κ3) is 4.85. The number of aryl methyl sites for hydroxylation is 1. The quantitative estimate of drug-likeness (QED) is 0.328. The summed E-state index contributed by atoms with van der Waals surface area (Å²) in [6, 6.07) is 13.6. The van der Waals surface area contributed by atoms with Crippen LogP contribution in [0.15, 0.2) is 53.4 Å². The lowest BCUT2D eigenvalue weighted by Gasteiger charge is -2.29. The van der Waals surface area contributed by atoms with Crippen LogP contribution in [0.25, 0.3) is 0 Å². The summed E-state index contributed by atoms with van der Waals surface area (Å²) < 4.78 is 5.10. The zero-order valence-corrected chi connectivity index (χ0v) is 15.3. The summed E-state index contributed by atoms with van der Waals surface area (Å²) in [7, 11) is 0. The number of fused-ring (bicyclic) bond motifs is 1. The topological polar surface area (TPSA) is 89.7 Å². The molecule has 0 aromatic heterocycles. The standard InChI is InChI=1S/C19H18N2O5S/c22-18(20-11-3-5-14-4-1-2-6-17(14)20)12-26-19(23)13-27-16-9-7-15(8-10-16)21(24)25/h1-2,4,6-10H,3,5,11-13H2. The van der Waals surface area contributed by atoms with Gasteiger partial charge < -0.3 is 9.64 Å². The number of nitrogens with zero attached hydrogens (tertiary/aromatic N) is 2. The van der Waals surface area contributed by atoms with Crippen LogP contribution in [0.1, 0.15) is 12.0 Å². The van der Waals surface area contributed by atoms with Crippen LogP contribution in [0.2, 0.25) is 0 Å². The predicted molar refractivity (Wildman–Crippen MR) is 102 cm³/mol. The van der Waals surface area contributed by atoms with Gasteiger partial charge >= 0.3 is 5.97 Å². The summed E-state index contributed by atoms with van der Waals surface area (Å²) in [5.74, 6) is -0.713. The van der Waals surface area contributed by atoms with Gasteiger partial charge in [0.15, 0.2) is 6.61 Å². The highest BCUT2D eigenvalue weighted by Crippen LogP contribution is 2.26. The fourth-order valence-electron chi connectivity index (χ4n) is 2.86. The number of nitro benzene ring substituents is 1. The maximum atomic E-state index is 12.4. The number of rotatable bonds is 6. The monoisotopic (exact) mass is 386 g/mol. The molecule has 0 unspecified atom stereocenters. The number of amides is 1. The third-order valence-electron chi connectivity index (χ3n) is 4.17. The molecule has 0 saturated carbocycles. The summed E-state index contributed by atoms with van der Waals surface area (Å²) in [5, 5.41) is 10.6. The van der Waals surface area contributed by atoms with Crippen LogP contribution >= 0.6 is 11.8 Å². The molecule has 2 aromatic carbocycles. The maximum absolute atomic E-state index is 12.4. The lowest BCUT2D eigenvalue weighted by Crippen LogP contribution is -2.38. The summed E-state index contributed by atoms with van der Waals surface area (Å²) >= 11 is 1.20. The van der Waals surface area contributed by atoms with E-state index in [0.29, 0.717) is 11.4 Å². The van der Waals surface area contributed by atoms with Crippen molar-refractivity contribution in [1.29, 1.82) is 0 Å². The molecule has 1 heterocycles. The molecule has 0 bridgehead atoms. The molecule has 0 saturated heterocycles. The van der Waals surface area contributed by atoms with Gasteiger partial charge in [0, 0.05) is 29.3 Å². The maximum Gasteiger partial charge on any atom is 0.316 e. The van der Waals surface area contributed by atoms with Crippen LogP contribution in [-0.2, 0) is 20.7 Å². The molecule has 0 spiro atoms. The molecular weight excluding hydrogens is 368 g/mol. The summed E-state index contributed by atoms with van der Waals surface area (Å²) in [6.45, 7) is 0.318. The van der Waals surface area contributed by atoms with Crippen LogP contribution in [0.5, 0.6) is 0 Å². The zero-order chi connectivity index (χ0) is 19.2. The lowest BCUT2D eigenvalue weighted by molar-refractivity contribution is -0.384. The Morgan fingerprint density at radius 3 is 2.63 bits per heavy atom. The minimum Gasteiger partial charge on any atom is -0.455 e. The number of benzene rings is 2. The second-order valence-corrected chi connectivity index (χ2v) is 7.03. The van der Waals surface area contributed by atoms with Crippen LogP contribution < -0.4 is 4.90 Å². The molecule has 0 atom stereocenters. The largest absolute Gasteiger partial charge is 0.455 e. The fourth-order valence-corrected chi connectivity index (χ4v) is 3.56. The lowest BCUT2D eigenvalue weighted by atomic mass is 10.0. The number of carbonyl (C=O) groups is 2. The van der Waals surface area contributed by atoms with Crippen molar-refractivity contribution < 1.29 is 19.2 Å². The van der Waals surface area contributed by atoms with Crippen molar-refractivity contribution in [1.82, 2.24) is 0 Å². The second kappa shape index (κ2) is 8.68. The number of thioether (sulfide) groups is 1. The van der Waals surface area contributed by atoms with Crippen LogP contribution in [0.4, 0.5) is 11.4 Å². The first-order valence-electron chi connectivity index (χ1n) is 8.46. The number of carbonyl (C=O) groups excluding carboxylic acids is 2. The number of ether oxygens (including phenoxy) is 1. The highest BCUT2D eigenvalue weighted by molar-refractivity contribution is 8.00. The number of hydrogen-bond donors (Lipinski definition) is 0. The SMILES string of the molecule is O=C(CSc1ccc([N+](=O)[O-])cc1)OCC(=O)N1CCCc2ccccc21. The molecule has 27 heavy (non-hydrogen) atoms. The number of anilines is 1. The van der Waals surface area contributed by atoms with E-state index in [9.17, 15) is 19.7 Å². The van der Waals surface area contributed by atoms with E-state index >= 15 is 0 Å². The van der Waals surface area contributed by atoms with Crippen molar-refractivity contribution in [3.05, 3.63) is 64.2 Å². The van der Waals surface area contributed by atoms with Crippen LogP contribution in [0.3, 0.4) is 0 Å². The summed E-state index contributed by atoms with van der Waals surface area (Å²) in [4.78, 5) is 36.8. The van der Waals surface area contributed by atoms with Crippen LogP contribution in [0, 0.1) is 10.1 Å². The second-order valence-electron chi connectivity index (χ2n) is 5.98. The molecule has 0 aliphatic carbocycles. The van der Waals surface area contributed by atoms with Crippen molar-refractivity contribution in [2.45, 2.75) is 17.7 Å². The van der Waals surface area contributed by atoms with Crippen molar-refractivity contribution >= 4 is 35.0 Å². The molecule has 0 radical (unpaired) electrons. The Morgan fingerprint density at radius 2 is 1.89 bits per heavy atom. The van der Waals surface area contributed by atoms with Gasteiger partial charge in [0.05, 0.1) is 10.7 Å². The Hall–Kier alpha value is -2.87. The first kappa shape index (κ1) is 18.9. The van der Waals surface area contributed by atoms with E-state index in [2.05, 4.69) is 0 Å². The molecule has 7 nitrogen and oxygen atoms in total. The predicted octanol–water partition coefficient (Wildman–Crippen LogP) is 3.21. The first-order chi connectivity index (χ1) is 13.0. The molecule has 140 valence electrons. The smallest absolute Gasteiger partial charge is 0.316 e. The molecule has 1 amide bonds. The Kier molecular flexibility index (Phi) is 6.08. The molecule has 1 aliphatic rings. The Labute approximate surface area is 160 Å². The number of para-hydroxylation sites is 1. The summed E-state index contributed by atoms with van der Waals surface area (Å²) in [5.41, 5.74) is 2.00. The van der Waals surface area contributed by atoms with Gasteiger partial charge in [-0.1, -0.05) is 18.2 Å². The molecule has 0 N–H and O–H groups in total. The average molecular weight is 386 g/mol. The minimum absolute atomic E-state index is 0.00524. The van der Waals surface area contributed by atoms with Gasteiger partial charge in [-0.05, 0) is 36.6 Å². The van der Waals surface area contributed by atoms with Crippen LogP contribution in [-0.4, -0.2) is 35.7 Å². The van der Waals surface area contributed by atoms with E-state index in [1.165, 1.54) is 23.9 Å². The van der Waals surface area contributed by atoms with Crippen molar-refractivity contribution in [2.75, 3.05) is 23.8 Å². The van der Waals surface area contributed by atoms with Gasteiger partial charge in [0.2, 0.25) is 0 Å². The van der Waals surface area contributed by atoms with Gasteiger partial charge in [-0.15, -0.1) is 11.8 Å². The zero-order valence-electron chi connectivity index (χ0n) is 14.5. The minimum atomic E-state index is -0.503. The molecule has 1 aliphatic heterocycles. The van der Waals surface area contributed by atoms with Gasteiger partial charge in [-0.2, -0.15) is 0 Å². The Morgan fingerprint density at radius 1 is 1.15 bits per heavy atom. The molecule has 8 heteroatoms. The van der Waals surface area contributed by atoms with Gasteiger partial charge in [0.25, 0.3) is 11.6 Å². The van der Waals surface area contributed by atoms with E-state index in [4.69, 9.17) is 4.74 Å². The van der Waals surface area contributed by atoms with Crippen molar-refractivity contribution in [3.63, 3.8) is 0 Å². The van der Waals surface area contributed by atoms with Crippen molar-refractivity contribution in [3.8, 4) is 0 Å². The first-order valence-corrected chi connectivity index (χ1v) is 9.44. The molecule has 2 aromatic rings. The van der Waals surface area contributed by atoms with E-state index in [1.807, 2.05) is 24.3 Å². The normalized spacial score (nSPS) is 13.0.